The van der Waals surface area contributed by atoms with Crippen molar-refractivity contribution in [1.82, 2.24) is 4.98 Å². The predicted molar refractivity (Wildman–Crippen MR) is 73.9 cm³/mol. The molecule has 0 aliphatic heterocycles. The minimum absolute atomic E-state index is 0.636. The van der Waals surface area contributed by atoms with Gasteiger partial charge in [-0.25, -0.2) is 4.98 Å². The molecule has 1 aromatic carbocycles. The van der Waals surface area contributed by atoms with Crippen LogP contribution in [0.2, 0.25) is 0 Å². The average molecular weight is 266 g/mol. The van der Waals surface area contributed by atoms with E-state index in [1.165, 1.54) is 21.1 Å². The van der Waals surface area contributed by atoms with Gasteiger partial charge in [-0.2, -0.15) is 0 Å². The number of ether oxygens (including phenoxy) is 1. The van der Waals surface area contributed by atoms with Crippen LogP contribution in [0.15, 0.2) is 34.7 Å². The lowest BCUT2D eigenvalue weighted by atomic mass is 10.2. The molecular formula is C12H14N2OS2. The Morgan fingerprint density at radius 2 is 2.12 bits per heavy atom. The Bertz CT molecular complexity index is 468. The molecule has 0 radical (unpaired) electrons. The lowest BCUT2D eigenvalue weighted by Gasteiger charge is -2.02. The van der Waals surface area contributed by atoms with Gasteiger partial charge in [-0.1, -0.05) is 23.5 Å². The highest BCUT2D eigenvalue weighted by Crippen LogP contribution is 2.27. The molecular weight excluding hydrogens is 252 g/mol. The summed E-state index contributed by atoms with van der Waals surface area (Å²) in [5, 5.41) is 0.636. The Labute approximate surface area is 109 Å². The number of anilines is 1. The fourth-order valence-electron chi connectivity index (χ4n) is 1.40. The number of nitrogens with two attached hydrogens (primary N) is 1. The molecule has 0 aliphatic carbocycles. The quantitative estimate of drug-likeness (QED) is 0.845. The van der Waals surface area contributed by atoms with E-state index in [-0.39, 0.29) is 0 Å². The summed E-state index contributed by atoms with van der Waals surface area (Å²) in [6.45, 7) is 0. The number of hydrogen-bond acceptors (Lipinski definition) is 5. The van der Waals surface area contributed by atoms with Crippen molar-refractivity contribution in [2.75, 3.05) is 18.6 Å². The molecule has 90 valence electrons. The van der Waals surface area contributed by atoms with E-state index in [0.717, 1.165) is 17.9 Å². The lowest BCUT2D eigenvalue weighted by molar-refractivity contribution is 0.414. The normalized spacial score (nSPS) is 10.4. The SMILES string of the molecule is COc1ccc(CCSc2cnc(N)s2)cc1. The summed E-state index contributed by atoms with van der Waals surface area (Å²) in [5.74, 6) is 1.94. The van der Waals surface area contributed by atoms with Crippen molar-refractivity contribution in [1.29, 1.82) is 0 Å². The average Bonchev–Trinajstić information content (AvgIpc) is 2.76. The topological polar surface area (TPSA) is 48.1 Å². The molecule has 17 heavy (non-hydrogen) atoms. The third-order valence-corrected chi connectivity index (χ3v) is 4.32. The summed E-state index contributed by atoms with van der Waals surface area (Å²) < 4.78 is 6.30. The van der Waals surface area contributed by atoms with E-state index in [9.17, 15) is 0 Å². The largest absolute Gasteiger partial charge is 0.497 e. The zero-order valence-corrected chi connectivity index (χ0v) is 11.2. The number of nitrogen functional groups attached to an aromatic ring is 1. The standard InChI is InChI=1S/C12H14N2OS2/c1-15-10-4-2-9(3-5-10)6-7-16-11-8-14-12(13)17-11/h2-5,8H,6-7H2,1H3,(H2,13,14). The second-order valence-electron chi connectivity index (χ2n) is 3.46. The van der Waals surface area contributed by atoms with Gasteiger partial charge in [0.25, 0.3) is 0 Å². The van der Waals surface area contributed by atoms with Gasteiger partial charge in [-0.3, -0.25) is 0 Å². The van der Waals surface area contributed by atoms with Crippen LogP contribution >= 0.6 is 23.1 Å². The Hall–Kier alpha value is -1.20. The van der Waals surface area contributed by atoms with Gasteiger partial charge in [0.05, 0.1) is 17.5 Å². The third-order valence-electron chi connectivity index (χ3n) is 2.30. The molecule has 1 heterocycles. The van der Waals surface area contributed by atoms with E-state index in [2.05, 4.69) is 17.1 Å². The summed E-state index contributed by atoms with van der Waals surface area (Å²) in [6.07, 6.45) is 2.87. The number of nitrogens with zero attached hydrogens (tertiary/aromatic N) is 1. The van der Waals surface area contributed by atoms with Gasteiger partial charge >= 0.3 is 0 Å². The molecule has 0 unspecified atom stereocenters. The number of methoxy groups -OCH3 is 1. The van der Waals surface area contributed by atoms with Crippen LogP contribution in [0.3, 0.4) is 0 Å². The highest BCUT2D eigenvalue weighted by Gasteiger charge is 2.00. The molecule has 0 aliphatic rings. The van der Waals surface area contributed by atoms with Gasteiger partial charge in [-0.05, 0) is 24.1 Å². The van der Waals surface area contributed by atoms with Gasteiger partial charge in [0.2, 0.25) is 0 Å². The zero-order chi connectivity index (χ0) is 12.1. The fourth-order valence-corrected chi connectivity index (χ4v) is 3.23. The predicted octanol–water partition coefficient (Wildman–Crippen LogP) is 3.07. The van der Waals surface area contributed by atoms with E-state index in [1.807, 2.05) is 18.3 Å². The van der Waals surface area contributed by atoms with Crippen LogP contribution in [0, 0.1) is 0 Å². The summed E-state index contributed by atoms with van der Waals surface area (Å²) >= 11 is 3.33. The van der Waals surface area contributed by atoms with Gasteiger partial charge in [0, 0.05) is 5.75 Å². The summed E-state index contributed by atoms with van der Waals surface area (Å²) in [6, 6.07) is 8.18. The van der Waals surface area contributed by atoms with E-state index in [1.54, 1.807) is 18.9 Å². The first-order valence-corrected chi connectivity index (χ1v) is 7.05. The zero-order valence-electron chi connectivity index (χ0n) is 9.55. The number of rotatable bonds is 5. The Morgan fingerprint density at radius 3 is 2.71 bits per heavy atom. The molecule has 2 rings (SSSR count). The molecule has 5 heteroatoms. The van der Waals surface area contributed by atoms with Crippen LogP contribution in [0.25, 0.3) is 0 Å². The third kappa shape index (κ3) is 3.64. The maximum absolute atomic E-state index is 5.57. The molecule has 3 nitrogen and oxygen atoms in total. The Balaban J connectivity index is 1.81. The molecule has 0 spiro atoms. The number of thioether (sulfide) groups is 1. The first-order chi connectivity index (χ1) is 8.28. The minimum Gasteiger partial charge on any atom is -0.497 e. The maximum atomic E-state index is 5.57. The smallest absolute Gasteiger partial charge is 0.181 e. The molecule has 0 saturated heterocycles. The molecule has 0 bridgehead atoms. The highest BCUT2D eigenvalue weighted by molar-refractivity contribution is 8.01. The number of hydrogen-bond donors (Lipinski definition) is 1. The second-order valence-corrected chi connectivity index (χ2v) is 5.92. The van der Waals surface area contributed by atoms with E-state index < -0.39 is 0 Å². The molecule has 2 N–H and O–H groups in total. The van der Waals surface area contributed by atoms with Gasteiger partial charge in [0.15, 0.2) is 5.13 Å². The molecule has 2 aromatic rings. The van der Waals surface area contributed by atoms with Crippen LogP contribution in [0.4, 0.5) is 5.13 Å². The molecule has 0 fully saturated rings. The monoisotopic (exact) mass is 266 g/mol. The van der Waals surface area contributed by atoms with Crippen molar-refractivity contribution >= 4 is 28.2 Å². The van der Waals surface area contributed by atoms with Crippen molar-refractivity contribution in [3.8, 4) is 5.75 Å². The maximum Gasteiger partial charge on any atom is 0.181 e. The minimum atomic E-state index is 0.636. The van der Waals surface area contributed by atoms with Crippen molar-refractivity contribution in [2.24, 2.45) is 0 Å². The Kier molecular flexibility index (Phi) is 4.28. The van der Waals surface area contributed by atoms with Gasteiger partial charge in [0.1, 0.15) is 5.75 Å². The molecule has 0 atom stereocenters. The molecule has 0 saturated carbocycles. The van der Waals surface area contributed by atoms with Crippen molar-refractivity contribution in [3.05, 3.63) is 36.0 Å². The highest BCUT2D eigenvalue weighted by atomic mass is 32.2. The van der Waals surface area contributed by atoms with Crippen LogP contribution in [0.1, 0.15) is 5.56 Å². The van der Waals surface area contributed by atoms with Crippen molar-refractivity contribution < 1.29 is 4.74 Å². The van der Waals surface area contributed by atoms with E-state index in [4.69, 9.17) is 10.5 Å². The van der Waals surface area contributed by atoms with Crippen LogP contribution in [-0.2, 0) is 6.42 Å². The van der Waals surface area contributed by atoms with Gasteiger partial charge in [-0.15, -0.1) is 11.8 Å². The number of aromatic nitrogens is 1. The van der Waals surface area contributed by atoms with Crippen LogP contribution in [0.5, 0.6) is 5.75 Å². The lowest BCUT2D eigenvalue weighted by Crippen LogP contribution is -1.88. The fraction of sp³-hybridized carbons (Fsp3) is 0.250. The van der Waals surface area contributed by atoms with E-state index >= 15 is 0 Å². The van der Waals surface area contributed by atoms with Gasteiger partial charge < -0.3 is 10.5 Å². The van der Waals surface area contributed by atoms with Crippen molar-refractivity contribution in [3.63, 3.8) is 0 Å². The summed E-state index contributed by atoms with van der Waals surface area (Å²) in [5.41, 5.74) is 6.89. The summed E-state index contributed by atoms with van der Waals surface area (Å²) in [7, 11) is 1.68. The number of thiazole rings is 1. The van der Waals surface area contributed by atoms with E-state index in [0.29, 0.717) is 5.13 Å². The second kappa shape index (κ2) is 5.93. The number of benzene rings is 1. The summed E-state index contributed by atoms with van der Waals surface area (Å²) in [4.78, 5) is 4.02. The first-order valence-electron chi connectivity index (χ1n) is 5.25. The van der Waals surface area contributed by atoms with Crippen LogP contribution in [-0.4, -0.2) is 17.8 Å². The molecule has 1 aromatic heterocycles. The van der Waals surface area contributed by atoms with Crippen molar-refractivity contribution in [2.45, 2.75) is 10.6 Å². The van der Waals surface area contributed by atoms with Crippen LogP contribution < -0.4 is 10.5 Å². The Morgan fingerprint density at radius 1 is 1.35 bits per heavy atom. The number of aryl methyl sites for hydroxylation is 1. The molecule has 0 amide bonds. The first kappa shape index (κ1) is 12.3.